The molecule has 4 aromatic rings. The summed E-state index contributed by atoms with van der Waals surface area (Å²) in [5.41, 5.74) is 5.85. The van der Waals surface area contributed by atoms with Crippen LogP contribution in [-0.4, -0.2) is 62.6 Å². The van der Waals surface area contributed by atoms with E-state index in [2.05, 4.69) is 49.1 Å². The Morgan fingerprint density at radius 2 is 1.65 bits per heavy atom. The van der Waals surface area contributed by atoms with Crippen molar-refractivity contribution in [1.29, 1.82) is 0 Å². The summed E-state index contributed by atoms with van der Waals surface area (Å²) in [6.07, 6.45) is 0.466. The molecule has 3 heterocycles. The van der Waals surface area contributed by atoms with E-state index in [0.717, 1.165) is 51.8 Å². The zero-order chi connectivity index (χ0) is 28.4. The molecule has 0 radical (unpaired) electrons. The average molecular weight is 539 g/mol. The molecule has 0 spiro atoms. The molecule has 2 aromatic carbocycles. The van der Waals surface area contributed by atoms with Crippen LogP contribution in [0.2, 0.25) is 0 Å². The highest BCUT2D eigenvalue weighted by atomic mass is 16.6. The Morgan fingerprint density at radius 3 is 2.20 bits per heavy atom. The topological polar surface area (TPSA) is 75.3 Å². The molecule has 8 heteroatoms. The van der Waals surface area contributed by atoms with Gasteiger partial charge in [0.1, 0.15) is 17.1 Å². The van der Waals surface area contributed by atoms with Crippen LogP contribution in [0.25, 0.3) is 5.65 Å². The molecular weight excluding hydrogens is 500 g/mol. The second-order valence-electron chi connectivity index (χ2n) is 11.3. The fourth-order valence-electron chi connectivity index (χ4n) is 5.05. The summed E-state index contributed by atoms with van der Waals surface area (Å²) in [7, 11) is 0. The van der Waals surface area contributed by atoms with Gasteiger partial charge in [-0.3, -0.25) is 0 Å². The lowest BCUT2D eigenvalue weighted by Gasteiger charge is -2.40. The minimum absolute atomic E-state index is 0.0155. The number of amides is 1. The van der Waals surface area contributed by atoms with Crippen molar-refractivity contribution >= 4 is 29.0 Å². The SMILES string of the molecule is CCc1nn2c(C)cc(N3CCN(C(=O)OC(C)(C)C)C(C)C3)nc2c1N=C(c1ccccc1)c1ccccc1. The Kier molecular flexibility index (Phi) is 7.61. The van der Waals surface area contributed by atoms with Gasteiger partial charge in [0.2, 0.25) is 0 Å². The first-order valence-corrected chi connectivity index (χ1v) is 14.0. The van der Waals surface area contributed by atoms with Gasteiger partial charge in [-0.05, 0) is 41.0 Å². The van der Waals surface area contributed by atoms with Crippen molar-refractivity contribution in [2.45, 2.75) is 59.6 Å². The van der Waals surface area contributed by atoms with Crippen molar-refractivity contribution in [1.82, 2.24) is 19.5 Å². The fourth-order valence-corrected chi connectivity index (χ4v) is 5.05. The second-order valence-corrected chi connectivity index (χ2v) is 11.3. The number of aliphatic imine (C=N–C) groups is 1. The van der Waals surface area contributed by atoms with Gasteiger partial charge in [-0.1, -0.05) is 67.6 Å². The number of fused-ring (bicyclic) bond motifs is 1. The van der Waals surface area contributed by atoms with Crippen molar-refractivity contribution in [2.75, 3.05) is 24.5 Å². The third-order valence-corrected chi connectivity index (χ3v) is 7.03. The van der Waals surface area contributed by atoms with Crippen LogP contribution in [0, 0.1) is 6.92 Å². The minimum Gasteiger partial charge on any atom is -0.444 e. The number of rotatable bonds is 5. The number of benzene rings is 2. The third-order valence-electron chi connectivity index (χ3n) is 7.03. The zero-order valence-corrected chi connectivity index (χ0v) is 24.3. The Labute approximate surface area is 236 Å². The molecule has 1 saturated heterocycles. The van der Waals surface area contributed by atoms with Crippen molar-refractivity contribution in [3.63, 3.8) is 0 Å². The fraction of sp³-hybridized carbons (Fsp3) is 0.375. The summed E-state index contributed by atoms with van der Waals surface area (Å²) in [6.45, 7) is 13.8. The van der Waals surface area contributed by atoms with Gasteiger partial charge in [0.05, 0.1) is 11.4 Å². The first-order valence-electron chi connectivity index (χ1n) is 14.0. The predicted octanol–water partition coefficient (Wildman–Crippen LogP) is 6.21. The Hall–Kier alpha value is -4.20. The number of hydrogen-bond acceptors (Lipinski definition) is 6. The molecular formula is C32H38N6O2. The number of ether oxygens (including phenoxy) is 1. The average Bonchev–Trinajstić information content (AvgIpc) is 3.29. The van der Waals surface area contributed by atoms with Gasteiger partial charge >= 0.3 is 6.09 Å². The van der Waals surface area contributed by atoms with E-state index in [1.165, 1.54) is 0 Å². The molecule has 1 unspecified atom stereocenters. The molecule has 8 nitrogen and oxygen atoms in total. The highest BCUT2D eigenvalue weighted by molar-refractivity contribution is 6.14. The normalized spacial score (nSPS) is 15.8. The maximum atomic E-state index is 12.8. The van der Waals surface area contributed by atoms with Crippen molar-refractivity contribution < 1.29 is 9.53 Å². The number of anilines is 1. The lowest BCUT2D eigenvalue weighted by Crippen LogP contribution is -2.55. The number of hydrogen-bond donors (Lipinski definition) is 0. The standard InChI is InChI=1S/C32H38N6O2/c1-7-26-29(34-28(24-14-10-8-11-15-24)25-16-12-9-13-17-25)30-33-27(20-22(2)38(30)35-26)36-18-19-37(23(3)21-36)31(39)40-32(4,5)6/h8-17,20,23H,7,18-19,21H2,1-6H3. The number of aromatic nitrogens is 3. The van der Waals surface area contributed by atoms with Gasteiger partial charge < -0.3 is 14.5 Å². The lowest BCUT2D eigenvalue weighted by atomic mass is 10.0. The molecule has 0 N–H and O–H groups in total. The second kappa shape index (κ2) is 11.1. The molecule has 1 atom stereocenters. The van der Waals surface area contributed by atoms with Gasteiger partial charge in [0.15, 0.2) is 5.65 Å². The first kappa shape index (κ1) is 27.4. The molecule has 1 aliphatic rings. The molecule has 5 rings (SSSR count). The van der Waals surface area contributed by atoms with E-state index in [1.54, 1.807) is 0 Å². The van der Waals surface area contributed by atoms with Crippen LogP contribution in [0.1, 0.15) is 57.1 Å². The van der Waals surface area contributed by atoms with Gasteiger partial charge in [0, 0.05) is 48.6 Å². The Morgan fingerprint density at radius 1 is 1.02 bits per heavy atom. The summed E-state index contributed by atoms with van der Waals surface area (Å²) in [4.78, 5) is 27.2. The summed E-state index contributed by atoms with van der Waals surface area (Å²) in [5, 5.41) is 4.90. The van der Waals surface area contributed by atoms with Crippen molar-refractivity contribution in [2.24, 2.45) is 4.99 Å². The largest absolute Gasteiger partial charge is 0.444 e. The van der Waals surface area contributed by atoms with E-state index in [4.69, 9.17) is 19.8 Å². The number of aryl methyl sites for hydroxylation is 2. The quantitative estimate of drug-likeness (QED) is 0.282. The Bertz CT molecular complexity index is 1480. The number of carbonyl (C=O) groups excluding carboxylic acids is 1. The first-order chi connectivity index (χ1) is 19.1. The van der Waals surface area contributed by atoms with E-state index in [1.807, 2.05) is 73.5 Å². The summed E-state index contributed by atoms with van der Waals surface area (Å²) >= 11 is 0. The van der Waals surface area contributed by atoms with Crippen LogP contribution in [0.5, 0.6) is 0 Å². The summed E-state index contributed by atoms with van der Waals surface area (Å²) in [5.74, 6) is 0.862. The van der Waals surface area contributed by atoms with Crippen LogP contribution in [-0.2, 0) is 11.2 Å². The van der Waals surface area contributed by atoms with E-state index in [0.29, 0.717) is 19.6 Å². The molecule has 2 aromatic heterocycles. The summed E-state index contributed by atoms with van der Waals surface area (Å²) in [6, 6.07) is 22.5. The number of carbonyl (C=O) groups is 1. The smallest absolute Gasteiger partial charge is 0.410 e. The van der Waals surface area contributed by atoms with Gasteiger partial charge in [-0.25, -0.2) is 19.3 Å². The molecule has 1 amide bonds. The number of piperazine rings is 1. The molecule has 1 fully saturated rings. The number of nitrogens with zero attached hydrogens (tertiary/aromatic N) is 6. The maximum Gasteiger partial charge on any atom is 0.410 e. The van der Waals surface area contributed by atoms with E-state index >= 15 is 0 Å². The third kappa shape index (κ3) is 5.71. The molecule has 208 valence electrons. The molecule has 0 saturated carbocycles. The highest BCUT2D eigenvalue weighted by Crippen LogP contribution is 2.30. The van der Waals surface area contributed by atoms with E-state index in [9.17, 15) is 4.79 Å². The van der Waals surface area contributed by atoms with Crippen LogP contribution < -0.4 is 4.90 Å². The molecule has 0 bridgehead atoms. The van der Waals surface area contributed by atoms with Crippen molar-refractivity contribution in [3.05, 3.63) is 89.2 Å². The summed E-state index contributed by atoms with van der Waals surface area (Å²) < 4.78 is 7.53. The molecule has 40 heavy (non-hydrogen) atoms. The van der Waals surface area contributed by atoms with Gasteiger partial charge in [-0.2, -0.15) is 5.10 Å². The van der Waals surface area contributed by atoms with Crippen LogP contribution in [0.15, 0.2) is 71.7 Å². The van der Waals surface area contributed by atoms with Gasteiger partial charge in [0.25, 0.3) is 0 Å². The van der Waals surface area contributed by atoms with Crippen molar-refractivity contribution in [3.8, 4) is 0 Å². The predicted molar refractivity (Wildman–Crippen MR) is 160 cm³/mol. The monoisotopic (exact) mass is 538 g/mol. The van der Waals surface area contributed by atoms with Crippen LogP contribution in [0.4, 0.5) is 16.3 Å². The van der Waals surface area contributed by atoms with Crippen LogP contribution in [0.3, 0.4) is 0 Å². The van der Waals surface area contributed by atoms with Gasteiger partial charge in [-0.15, -0.1) is 0 Å². The lowest BCUT2D eigenvalue weighted by molar-refractivity contribution is 0.0158. The Balaban J connectivity index is 1.54. The van der Waals surface area contributed by atoms with E-state index in [-0.39, 0.29) is 12.1 Å². The van der Waals surface area contributed by atoms with E-state index < -0.39 is 5.60 Å². The highest BCUT2D eigenvalue weighted by Gasteiger charge is 2.32. The molecule has 1 aliphatic heterocycles. The van der Waals surface area contributed by atoms with Crippen LogP contribution >= 0.6 is 0 Å². The minimum atomic E-state index is -0.522. The maximum absolute atomic E-state index is 12.8. The molecule has 0 aliphatic carbocycles. The zero-order valence-electron chi connectivity index (χ0n) is 24.3.